The molecule has 7 nitrogen and oxygen atoms in total. The number of nitrogens with zero attached hydrogens (tertiary/aromatic N) is 4. The monoisotopic (exact) mass is 408 g/mol. The van der Waals surface area contributed by atoms with Crippen LogP contribution in [0.1, 0.15) is 44.9 Å². The molecule has 1 aromatic heterocycles. The Labute approximate surface area is 164 Å². The van der Waals surface area contributed by atoms with Crippen LogP contribution in [-0.2, 0) is 10.2 Å². The molecular weight excluding hydrogens is 383 g/mol. The lowest BCUT2D eigenvalue weighted by molar-refractivity contribution is 0.231. The Morgan fingerprint density at radius 3 is 2.64 bits per heavy atom. The van der Waals surface area contributed by atoms with Crippen molar-refractivity contribution in [1.82, 2.24) is 18.8 Å². The Kier molecular flexibility index (Phi) is 4.79. The van der Waals surface area contributed by atoms with E-state index >= 15 is 0 Å². The molecule has 0 bridgehead atoms. The van der Waals surface area contributed by atoms with Crippen molar-refractivity contribution in [1.29, 1.82) is 0 Å². The first-order chi connectivity index (χ1) is 13.2. The van der Waals surface area contributed by atoms with Gasteiger partial charge in [-0.25, -0.2) is 4.39 Å². The smallest absolute Gasteiger partial charge is 0.281 e. The average Bonchev–Trinajstić information content (AvgIpc) is 3.13. The van der Waals surface area contributed by atoms with Gasteiger partial charge in [-0.05, 0) is 56.7 Å². The molecule has 28 heavy (non-hydrogen) atoms. The maximum absolute atomic E-state index is 13.4. The molecule has 0 unspecified atom stereocenters. The normalized spacial score (nSPS) is 22.3. The van der Waals surface area contributed by atoms with Crippen LogP contribution in [0.25, 0.3) is 11.5 Å². The number of halogens is 1. The quantitative estimate of drug-likeness (QED) is 0.760. The molecule has 1 saturated heterocycles. The van der Waals surface area contributed by atoms with Gasteiger partial charge in [-0.1, -0.05) is 6.07 Å². The maximum atomic E-state index is 13.4. The zero-order chi connectivity index (χ0) is 20.1. The third kappa shape index (κ3) is 3.35. The second-order valence-electron chi connectivity index (χ2n) is 8.09. The Morgan fingerprint density at radius 2 is 2.00 bits per heavy atom. The van der Waals surface area contributed by atoms with Crippen LogP contribution < -0.4 is 0 Å². The van der Waals surface area contributed by atoms with Gasteiger partial charge in [-0.15, -0.1) is 10.2 Å². The number of aromatic nitrogens is 2. The highest BCUT2D eigenvalue weighted by Crippen LogP contribution is 2.64. The van der Waals surface area contributed by atoms with Crippen LogP contribution >= 0.6 is 0 Å². The van der Waals surface area contributed by atoms with E-state index in [1.54, 1.807) is 23.5 Å². The van der Waals surface area contributed by atoms with Crippen LogP contribution in [-0.4, -0.2) is 53.4 Å². The van der Waals surface area contributed by atoms with Gasteiger partial charge in [0, 0.05) is 37.7 Å². The zero-order valence-electron chi connectivity index (χ0n) is 16.3. The van der Waals surface area contributed by atoms with Gasteiger partial charge in [0.2, 0.25) is 11.8 Å². The van der Waals surface area contributed by atoms with Gasteiger partial charge >= 0.3 is 0 Å². The Hall–Kier alpha value is -1.84. The van der Waals surface area contributed by atoms with Crippen LogP contribution in [0.3, 0.4) is 0 Å². The number of rotatable bonds is 5. The minimum absolute atomic E-state index is 0.0359. The molecule has 2 aliphatic rings. The van der Waals surface area contributed by atoms with E-state index in [0.717, 1.165) is 19.3 Å². The molecule has 1 aliphatic carbocycles. The second-order valence-corrected chi connectivity index (χ2v) is 10.1. The van der Waals surface area contributed by atoms with Crippen LogP contribution in [0.4, 0.5) is 4.39 Å². The van der Waals surface area contributed by atoms with Gasteiger partial charge in [-0.3, -0.25) is 0 Å². The largest absolute Gasteiger partial charge is 0.420 e. The highest BCUT2D eigenvalue weighted by Gasteiger charge is 2.59. The van der Waals surface area contributed by atoms with Crippen LogP contribution in [0.15, 0.2) is 28.7 Å². The van der Waals surface area contributed by atoms with Crippen molar-refractivity contribution in [3.8, 4) is 11.5 Å². The summed E-state index contributed by atoms with van der Waals surface area (Å²) in [5.41, 5.74) is 0.597. The Morgan fingerprint density at radius 1 is 1.29 bits per heavy atom. The zero-order valence-corrected chi connectivity index (χ0v) is 17.1. The topological polar surface area (TPSA) is 79.5 Å². The number of piperidine rings is 1. The van der Waals surface area contributed by atoms with E-state index < -0.39 is 10.2 Å². The van der Waals surface area contributed by atoms with Crippen molar-refractivity contribution in [2.45, 2.75) is 45.1 Å². The van der Waals surface area contributed by atoms with Gasteiger partial charge in [-0.2, -0.15) is 17.0 Å². The van der Waals surface area contributed by atoms with Crippen molar-refractivity contribution in [2.75, 3.05) is 20.1 Å². The van der Waals surface area contributed by atoms with E-state index in [0.29, 0.717) is 30.4 Å². The summed E-state index contributed by atoms with van der Waals surface area (Å²) in [7, 11) is -1.80. The minimum Gasteiger partial charge on any atom is -0.420 e. The molecule has 2 heterocycles. The predicted molar refractivity (Wildman–Crippen MR) is 102 cm³/mol. The SMILES string of the molecule is CC(C)N(C)S(=O)(=O)N1CCC2(CC1)C[C@H]2c1nnc(-c2cccc(F)c2)o1. The molecule has 1 spiro atoms. The van der Waals surface area contributed by atoms with Gasteiger partial charge in [0.05, 0.1) is 0 Å². The highest BCUT2D eigenvalue weighted by molar-refractivity contribution is 7.86. The summed E-state index contributed by atoms with van der Waals surface area (Å²) in [5, 5.41) is 8.24. The van der Waals surface area contributed by atoms with Gasteiger partial charge in [0.25, 0.3) is 10.2 Å². The lowest BCUT2D eigenvalue weighted by Gasteiger charge is -2.35. The number of benzene rings is 1. The van der Waals surface area contributed by atoms with E-state index in [1.807, 2.05) is 13.8 Å². The lowest BCUT2D eigenvalue weighted by Crippen LogP contribution is -2.48. The van der Waals surface area contributed by atoms with E-state index in [4.69, 9.17) is 4.42 Å². The van der Waals surface area contributed by atoms with E-state index in [1.165, 1.54) is 16.4 Å². The Bertz CT molecular complexity index is 967. The first kappa shape index (κ1) is 19.5. The molecule has 1 saturated carbocycles. The highest BCUT2D eigenvalue weighted by atomic mass is 32.2. The molecule has 1 aromatic carbocycles. The van der Waals surface area contributed by atoms with Gasteiger partial charge in [0.1, 0.15) is 5.82 Å². The number of hydrogen-bond donors (Lipinski definition) is 0. The summed E-state index contributed by atoms with van der Waals surface area (Å²) in [4.78, 5) is 0. The molecule has 4 rings (SSSR count). The molecule has 1 aliphatic heterocycles. The predicted octanol–water partition coefficient (Wildman–Crippen LogP) is 3.03. The minimum atomic E-state index is -3.42. The number of hydrogen-bond acceptors (Lipinski definition) is 5. The summed E-state index contributed by atoms with van der Waals surface area (Å²) in [6, 6.07) is 6.01. The first-order valence-electron chi connectivity index (χ1n) is 9.55. The maximum Gasteiger partial charge on any atom is 0.281 e. The molecular formula is C19H25FN4O3S. The van der Waals surface area contributed by atoms with Crippen LogP contribution in [0.2, 0.25) is 0 Å². The lowest BCUT2D eigenvalue weighted by atomic mass is 9.92. The summed E-state index contributed by atoms with van der Waals surface area (Å²) >= 11 is 0. The van der Waals surface area contributed by atoms with Crippen LogP contribution in [0, 0.1) is 11.2 Å². The molecule has 0 amide bonds. The van der Waals surface area contributed by atoms with Crippen molar-refractivity contribution in [3.63, 3.8) is 0 Å². The molecule has 152 valence electrons. The molecule has 2 aromatic rings. The third-order valence-electron chi connectivity index (χ3n) is 6.14. The fraction of sp³-hybridized carbons (Fsp3) is 0.579. The van der Waals surface area contributed by atoms with E-state index in [2.05, 4.69) is 10.2 Å². The van der Waals surface area contributed by atoms with Crippen molar-refractivity contribution in [2.24, 2.45) is 5.41 Å². The fourth-order valence-electron chi connectivity index (χ4n) is 3.97. The molecule has 0 radical (unpaired) electrons. The van der Waals surface area contributed by atoms with Crippen molar-refractivity contribution < 1.29 is 17.2 Å². The summed E-state index contributed by atoms with van der Waals surface area (Å²) in [6.45, 7) is 4.74. The van der Waals surface area contributed by atoms with Gasteiger partial charge in [0.15, 0.2) is 0 Å². The Balaban J connectivity index is 1.43. The van der Waals surface area contributed by atoms with Gasteiger partial charge < -0.3 is 4.42 Å². The average molecular weight is 408 g/mol. The summed E-state index contributed by atoms with van der Waals surface area (Å²) in [6.07, 6.45) is 2.48. The molecule has 0 N–H and O–H groups in total. The van der Waals surface area contributed by atoms with Crippen molar-refractivity contribution >= 4 is 10.2 Å². The first-order valence-corrected chi connectivity index (χ1v) is 11.0. The summed E-state index contributed by atoms with van der Waals surface area (Å²) < 4.78 is 47.6. The standard InChI is InChI=1S/C19H25FN4O3S/c1-13(2)23(3)28(25,26)24-9-7-19(8-10-24)12-16(19)18-22-21-17(27-18)14-5-4-6-15(20)11-14/h4-6,11,13,16H,7-10,12H2,1-3H3/t16-/m0/s1. The molecule has 1 atom stereocenters. The molecule has 9 heteroatoms. The van der Waals surface area contributed by atoms with Crippen LogP contribution in [0.5, 0.6) is 0 Å². The molecule has 2 fully saturated rings. The van der Waals surface area contributed by atoms with E-state index in [-0.39, 0.29) is 23.2 Å². The summed E-state index contributed by atoms with van der Waals surface area (Å²) in [5.74, 6) is 0.681. The third-order valence-corrected chi connectivity index (χ3v) is 8.30. The van der Waals surface area contributed by atoms with E-state index in [9.17, 15) is 12.8 Å². The van der Waals surface area contributed by atoms with Crippen molar-refractivity contribution in [3.05, 3.63) is 36.0 Å². The fourth-order valence-corrected chi connectivity index (χ4v) is 5.51. The second kappa shape index (κ2) is 6.89.